The van der Waals surface area contributed by atoms with Gasteiger partial charge in [-0.05, 0) is 75.8 Å². The zero-order valence-corrected chi connectivity index (χ0v) is 30.3. The van der Waals surface area contributed by atoms with E-state index < -0.39 is 30.6 Å². The summed E-state index contributed by atoms with van der Waals surface area (Å²) in [5.74, 6) is -2.63. The van der Waals surface area contributed by atoms with Crippen molar-refractivity contribution in [2.75, 3.05) is 44.2 Å². The number of halogens is 4. The molecule has 15 heteroatoms. The molecule has 280 valence electrons. The number of amides is 2. The van der Waals surface area contributed by atoms with Gasteiger partial charge in [0.05, 0.1) is 31.0 Å². The first kappa shape index (κ1) is 35.8. The van der Waals surface area contributed by atoms with Crippen molar-refractivity contribution in [3.63, 3.8) is 0 Å². The molecule has 2 amide bonds. The quantitative estimate of drug-likeness (QED) is 0.273. The number of benzene rings is 1. The Bertz CT molecular complexity index is 1890. The van der Waals surface area contributed by atoms with E-state index >= 15 is 8.78 Å². The van der Waals surface area contributed by atoms with E-state index in [-0.39, 0.29) is 29.8 Å². The minimum absolute atomic E-state index is 0.0384. The van der Waals surface area contributed by atoms with E-state index in [1.165, 1.54) is 6.08 Å². The maximum Gasteiger partial charge on any atom is 0.410 e. The van der Waals surface area contributed by atoms with Gasteiger partial charge >= 0.3 is 12.0 Å². The van der Waals surface area contributed by atoms with Crippen LogP contribution in [0.3, 0.4) is 0 Å². The summed E-state index contributed by atoms with van der Waals surface area (Å²) in [6.45, 7) is 8.15. The topological polar surface area (TPSA) is 92.0 Å². The molecule has 2 aromatic heterocycles. The number of ether oxygens (including phenoxy) is 1. The Balaban J connectivity index is 1.17. The summed E-state index contributed by atoms with van der Waals surface area (Å²) >= 11 is 0. The number of hydrogen-bond acceptors (Lipinski definition) is 7. The highest BCUT2D eigenvalue weighted by Gasteiger charge is 2.45. The van der Waals surface area contributed by atoms with Gasteiger partial charge in [0.2, 0.25) is 5.91 Å². The standard InChI is InChI=1S/C37H46F4N8O3/c1-23(50)46-15-10-30-29(21-46)34(48-12-6-7-24-17-27(25-19-42-44(5)20-25)28(33(38)39)18-31(24)48)43-49(30)26-8-13-45(14-9-26)32-11-16-47(22-37(32,40)41)35(51)52-36(2,3)4/h11,17-20,26,33H,6-10,12-16,21-22H2,1-5H3. The van der Waals surface area contributed by atoms with E-state index in [2.05, 4.69) is 5.10 Å². The minimum Gasteiger partial charge on any atom is -0.444 e. The lowest BCUT2D eigenvalue weighted by Crippen LogP contribution is -2.51. The highest BCUT2D eigenvalue weighted by molar-refractivity contribution is 5.78. The molecule has 0 aliphatic carbocycles. The Morgan fingerprint density at radius 3 is 2.42 bits per heavy atom. The van der Waals surface area contributed by atoms with Crippen LogP contribution in [-0.4, -0.2) is 97.1 Å². The van der Waals surface area contributed by atoms with E-state index in [1.54, 1.807) is 67.7 Å². The molecule has 11 nitrogen and oxygen atoms in total. The average molecular weight is 727 g/mol. The zero-order chi connectivity index (χ0) is 37.1. The van der Waals surface area contributed by atoms with Crippen molar-refractivity contribution in [3.05, 3.63) is 58.7 Å². The van der Waals surface area contributed by atoms with Crippen LogP contribution >= 0.6 is 0 Å². The molecular formula is C37H46F4N8O3. The molecule has 0 bridgehead atoms. The molecule has 7 rings (SSSR count). The summed E-state index contributed by atoms with van der Waals surface area (Å²) in [4.78, 5) is 31.6. The van der Waals surface area contributed by atoms with Crippen LogP contribution in [0.25, 0.3) is 11.1 Å². The molecule has 1 saturated heterocycles. The number of aromatic nitrogens is 4. The van der Waals surface area contributed by atoms with Crippen LogP contribution in [0.2, 0.25) is 0 Å². The van der Waals surface area contributed by atoms with Gasteiger partial charge in [0.1, 0.15) is 5.60 Å². The number of hydrogen-bond donors (Lipinski definition) is 0. The Hall–Kier alpha value is -4.56. The van der Waals surface area contributed by atoms with Crippen molar-refractivity contribution in [2.45, 2.75) is 90.3 Å². The predicted octanol–water partition coefficient (Wildman–Crippen LogP) is 6.62. The molecule has 1 aromatic carbocycles. The third-order valence-electron chi connectivity index (χ3n) is 10.5. The summed E-state index contributed by atoms with van der Waals surface area (Å²) in [5.41, 5.74) is 3.67. The Morgan fingerprint density at radius 2 is 1.79 bits per heavy atom. The van der Waals surface area contributed by atoms with Crippen LogP contribution in [0.1, 0.15) is 81.8 Å². The van der Waals surface area contributed by atoms with Crippen LogP contribution in [0.4, 0.5) is 33.9 Å². The van der Waals surface area contributed by atoms with Gasteiger partial charge in [-0.2, -0.15) is 19.0 Å². The molecule has 0 N–H and O–H groups in total. The second-order valence-electron chi connectivity index (χ2n) is 15.3. The predicted molar refractivity (Wildman–Crippen MR) is 187 cm³/mol. The van der Waals surface area contributed by atoms with Gasteiger partial charge in [-0.3, -0.25) is 19.1 Å². The Morgan fingerprint density at radius 1 is 1.04 bits per heavy atom. The number of carbonyl (C=O) groups excluding carboxylic acids is 2. The van der Waals surface area contributed by atoms with Crippen molar-refractivity contribution in [1.82, 2.24) is 34.3 Å². The van der Waals surface area contributed by atoms with Crippen molar-refractivity contribution < 1.29 is 31.9 Å². The fourth-order valence-corrected chi connectivity index (χ4v) is 7.98. The molecule has 1 fully saturated rings. The van der Waals surface area contributed by atoms with Gasteiger partial charge < -0.3 is 19.4 Å². The van der Waals surface area contributed by atoms with Crippen LogP contribution in [0.15, 0.2) is 36.3 Å². The maximum atomic E-state index is 15.5. The van der Waals surface area contributed by atoms with Gasteiger partial charge in [0.15, 0.2) is 5.82 Å². The molecule has 4 aliphatic rings. The fraction of sp³-hybridized carbons (Fsp3) is 0.568. The van der Waals surface area contributed by atoms with E-state index in [1.807, 2.05) is 15.6 Å². The van der Waals surface area contributed by atoms with Gasteiger partial charge in [0, 0.05) is 87.4 Å². The van der Waals surface area contributed by atoms with Crippen LogP contribution < -0.4 is 4.90 Å². The summed E-state index contributed by atoms with van der Waals surface area (Å²) in [5, 5.41) is 9.38. The van der Waals surface area contributed by atoms with Crippen LogP contribution in [0, 0.1) is 0 Å². The zero-order valence-electron chi connectivity index (χ0n) is 30.3. The molecule has 52 heavy (non-hydrogen) atoms. The number of likely N-dealkylation sites (tertiary alicyclic amines) is 1. The molecule has 0 saturated carbocycles. The number of aryl methyl sites for hydroxylation is 2. The minimum atomic E-state index is -3.23. The monoisotopic (exact) mass is 726 g/mol. The first-order chi connectivity index (χ1) is 24.6. The van der Waals surface area contributed by atoms with Crippen molar-refractivity contribution >= 4 is 23.5 Å². The normalized spacial score (nSPS) is 19.5. The van der Waals surface area contributed by atoms with Gasteiger partial charge in [-0.15, -0.1) is 0 Å². The lowest BCUT2D eigenvalue weighted by Gasteiger charge is -2.41. The summed E-state index contributed by atoms with van der Waals surface area (Å²) in [7, 11) is 1.75. The fourth-order valence-electron chi connectivity index (χ4n) is 7.98. The second-order valence-corrected chi connectivity index (χ2v) is 15.3. The molecule has 6 heterocycles. The Labute approximate surface area is 300 Å². The lowest BCUT2D eigenvalue weighted by molar-refractivity contribution is -0.129. The first-order valence-corrected chi connectivity index (χ1v) is 18.0. The number of rotatable bonds is 5. The molecule has 0 radical (unpaired) electrons. The number of nitrogens with zero attached hydrogens (tertiary/aromatic N) is 8. The van der Waals surface area contributed by atoms with Crippen molar-refractivity contribution in [2.24, 2.45) is 7.05 Å². The summed E-state index contributed by atoms with van der Waals surface area (Å²) in [6, 6.07) is 3.36. The van der Waals surface area contributed by atoms with E-state index in [4.69, 9.17) is 9.84 Å². The largest absolute Gasteiger partial charge is 0.444 e. The molecule has 0 unspecified atom stereocenters. The average Bonchev–Trinajstić information content (AvgIpc) is 3.69. The van der Waals surface area contributed by atoms with Crippen molar-refractivity contribution in [3.8, 4) is 11.1 Å². The van der Waals surface area contributed by atoms with Crippen molar-refractivity contribution in [1.29, 1.82) is 0 Å². The molecule has 4 aliphatic heterocycles. The lowest BCUT2D eigenvalue weighted by atomic mass is 9.92. The van der Waals surface area contributed by atoms with E-state index in [0.29, 0.717) is 74.6 Å². The summed E-state index contributed by atoms with van der Waals surface area (Å²) < 4.78 is 69.2. The van der Waals surface area contributed by atoms with Gasteiger partial charge in [0.25, 0.3) is 6.43 Å². The Kier molecular flexibility index (Phi) is 9.27. The third kappa shape index (κ3) is 6.85. The smallest absolute Gasteiger partial charge is 0.410 e. The highest BCUT2D eigenvalue weighted by Crippen LogP contribution is 2.44. The SMILES string of the molecule is CC(=O)N1CCc2c(c(N3CCCc4cc(-c5cnn(C)c5)c(C(F)F)cc43)nn2C2CCN(C3=CCN(C(=O)OC(C)(C)C)CC3(F)F)CC2)C1. The van der Waals surface area contributed by atoms with Crippen LogP contribution in [0.5, 0.6) is 0 Å². The molecule has 0 atom stereocenters. The molecular weight excluding hydrogens is 680 g/mol. The van der Waals surface area contributed by atoms with Crippen LogP contribution in [-0.2, 0) is 36.0 Å². The number of carbonyl (C=O) groups is 2. The third-order valence-corrected chi connectivity index (χ3v) is 10.5. The number of alkyl halides is 4. The highest BCUT2D eigenvalue weighted by atomic mass is 19.3. The van der Waals surface area contributed by atoms with E-state index in [9.17, 15) is 18.4 Å². The summed E-state index contributed by atoms with van der Waals surface area (Å²) in [6.07, 6.45) is 4.51. The van der Waals surface area contributed by atoms with Gasteiger partial charge in [-0.25, -0.2) is 13.6 Å². The molecule has 0 spiro atoms. The first-order valence-electron chi connectivity index (χ1n) is 18.0. The number of piperidine rings is 1. The molecule has 3 aromatic rings. The second kappa shape index (κ2) is 13.4. The maximum absolute atomic E-state index is 15.5. The van der Waals surface area contributed by atoms with Gasteiger partial charge in [-0.1, -0.05) is 0 Å². The van der Waals surface area contributed by atoms with E-state index in [0.717, 1.165) is 34.6 Å². The number of anilines is 2. The number of fused-ring (bicyclic) bond motifs is 2.